The van der Waals surface area contributed by atoms with E-state index in [2.05, 4.69) is 84.6 Å². The third-order valence-corrected chi connectivity index (χ3v) is 25.3. The van der Waals surface area contributed by atoms with E-state index < -0.39 is 71.5 Å². The summed E-state index contributed by atoms with van der Waals surface area (Å²) in [5.41, 5.74) is 36.1. The van der Waals surface area contributed by atoms with Crippen molar-refractivity contribution in [3.05, 3.63) is 409 Å². The Hall–Kier alpha value is -17.6. The number of nitrogens with two attached hydrogens (primary N) is 3. The highest BCUT2D eigenvalue weighted by Gasteiger charge is 2.38. The maximum atomic E-state index is 14.6. The normalized spacial score (nSPS) is 12.5. The Labute approximate surface area is 875 Å². The first kappa shape index (κ1) is 111. The molecule has 15 rings (SSSR count). The SMILES string of the molecule is Cc1cc(O)cc(C)c1C[C@H](N)C(=O)N(Cc1cccc(C(N)=O)c1)[C@@H](C)c1ncc(-c2ccccc2)[nH]1.Cc1cc(O)cc(C)c1C[C@H](NC(=O)OC(C)(C)C)C(=O)N(Cc1cccc(C(N)=O)c1)[C@@H](C)c1ncc(-c2ccccc2)[nH]1.[C-]#[N+]c1cccc(CN(C(=O)[C@H](Cc2c(C)cc(O)cc2C)NC(=O)OC(C)(C)C)[C@@H](C)c2ncc(-c3ccccc3)[nH]2)c1.[C-]#[N+]c1cccc(CN[C@@H](C)c2ncc(-c3ccccc3)[nH]2)c1. The standard InChI is InChI=1S/C35H41N5O5.C35H39N5O4.C30H33N5O3.C19H18N4/c1-21-15-27(41)16-22(2)28(21)18-29(39-34(44)45-35(4,5)6)33(43)40(20-24-11-10-14-26(17-24)31(36)42)23(3)32-37-19-30(38-32)25-12-8-7-9-13-25;1-22-16-28(41)17-23(2)29(22)19-30(39-34(43)44-35(4,5)6)33(42)40(21-25-12-11-15-27(18-25)36-7)24(3)32-37-20-31(38-32)26-13-9-8-10-14-26;1-18-12-24(36)13-19(2)25(18)15-26(31)30(38)35(17-21-8-7-11-23(14-21)28(32)37)20(3)29-33-16-27(34-29)22-9-5-4-6-10-22;1-14(21-12-15-7-6-10-17(11-15)20-2)19-22-13-18(23-19)16-8-4-3-5-9-16/h7-17,19,23,29,41H,18,20H2,1-6H3,(H2,36,42)(H,37,38)(H,39,44);8-18,20,24,30,41H,19,21H2,1-6H3,(H,37,38)(H,39,43);4-14,16,20,26,36H,15,17,31H2,1-3H3,(H2,32,37)(H,33,34);3-11,13-14,21H,12H2,1H3,(H,22,23)/t23-,29-;24-,30-;20-,26-;14-/m0000/s1. The van der Waals surface area contributed by atoms with Gasteiger partial charge in [-0.1, -0.05) is 194 Å². The van der Waals surface area contributed by atoms with Crippen LogP contribution in [0.25, 0.3) is 54.7 Å². The number of rotatable bonds is 33. The van der Waals surface area contributed by atoms with Crippen molar-refractivity contribution in [1.82, 2.24) is 70.5 Å². The van der Waals surface area contributed by atoms with Crippen molar-refractivity contribution in [2.45, 2.75) is 210 Å². The zero-order valence-electron chi connectivity index (χ0n) is 87.3. The summed E-state index contributed by atoms with van der Waals surface area (Å²) in [5, 5.41) is 39.2. The molecule has 16 N–H and O–H groups in total. The zero-order chi connectivity index (χ0) is 108. The molecule has 0 saturated heterocycles. The Bertz CT molecular complexity index is 7230. The summed E-state index contributed by atoms with van der Waals surface area (Å²) in [4.78, 5) is 137. The van der Waals surface area contributed by atoms with E-state index >= 15 is 0 Å². The van der Waals surface area contributed by atoms with E-state index in [0.717, 1.165) is 118 Å². The van der Waals surface area contributed by atoms with E-state index in [4.69, 9.17) is 39.8 Å². The van der Waals surface area contributed by atoms with Crippen molar-refractivity contribution >= 4 is 53.1 Å². The number of imidazole rings is 4. The second kappa shape index (κ2) is 51.0. The van der Waals surface area contributed by atoms with Gasteiger partial charge in [-0.05, 0) is 272 Å². The number of aromatic nitrogens is 8. The van der Waals surface area contributed by atoms with Gasteiger partial charge >= 0.3 is 12.2 Å². The fraction of sp³-hybridized carbons (Fsp3) is 0.269. The second-order valence-corrected chi connectivity index (χ2v) is 39.2. The molecule has 7 atom stereocenters. The number of amides is 7. The van der Waals surface area contributed by atoms with Gasteiger partial charge in [-0.15, -0.1) is 0 Å². The number of alkyl carbamates (subject to hydrolysis) is 2. The number of aromatic amines is 4. The van der Waals surface area contributed by atoms with Crippen molar-refractivity contribution in [2.75, 3.05) is 0 Å². The molecule has 11 aromatic carbocycles. The molecule has 0 spiro atoms. The predicted molar refractivity (Wildman–Crippen MR) is 582 cm³/mol. The number of carbonyl (C=O) groups excluding carboxylic acids is 7. The van der Waals surface area contributed by atoms with Gasteiger partial charge in [-0.3, -0.25) is 24.0 Å². The minimum absolute atomic E-state index is 0.0997. The lowest BCUT2D eigenvalue weighted by atomic mass is 9.95. The van der Waals surface area contributed by atoms with Crippen LogP contribution in [-0.2, 0) is 69.3 Å². The third-order valence-electron chi connectivity index (χ3n) is 25.3. The van der Waals surface area contributed by atoms with Crippen LogP contribution >= 0.6 is 0 Å². The smallest absolute Gasteiger partial charge is 0.408 e. The number of phenols is 3. The number of aryl methyl sites for hydroxylation is 6. The summed E-state index contributed by atoms with van der Waals surface area (Å²) >= 11 is 0. The Morgan fingerprint density at radius 1 is 0.373 bits per heavy atom. The summed E-state index contributed by atoms with van der Waals surface area (Å²) in [6.45, 7) is 45.1. The lowest BCUT2D eigenvalue weighted by Gasteiger charge is -2.33. The maximum absolute atomic E-state index is 14.6. The Morgan fingerprint density at radius 3 is 0.967 bits per heavy atom. The van der Waals surface area contributed by atoms with Crippen LogP contribution < -0.4 is 33.2 Å². The van der Waals surface area contributed by atoms with Crippen molar-refractivity contribution in [3.8, 4) is 62.3 Å². The molecule has 31 heteroatoms. The molecule has 0 fully saturated rings. The van der Waals surface area contributed by atoms with Crippen LogP contribution in [0.1, 0.15) is 210 Å². The monoisotopic (exact) mass is 2020 g/mol. The molecule has 0 aliphatic rings. The molecule has 0 aliphatic heterocycles. The number of carbonyl (C=O) groups is 7. The molecule has 7 amide bonds. The quantitative estimate of drug-likeness (QED) is 0.0170. The van der Waals surface area contributed by atoms with E-state index in [1.807, 2.05) is 220 Å². The highest BCUT2D eigenvalue weighted by atomic mass is 16.6. The predicted octanol–water partition coefficient (Wildman–Crippen LogP) is 21.5. The van der Waals surface area contributed by atoms with Gasteiger partial charge in [0.05, 0.1) is 90.9 Å². The number of nitrogens with zero attached hydrogens (tertiary/aromatic N) is 9. The van der Waals surface area contributed by atoms with Gasteiger partial charge in [0.15, 0.2) is 11.4 Å². The van der Waals surface area contributed by atoms with Gasteiger partial charge < -0.3 is 92.6 Å². The molecule has 0 saturated carbocycles. The summed E-state index contributed by atoms with van der Waals surface area (Å²) in [6.07, 6.45) is 6.26. The minimum atomic E-state index is -1.04. The van der Waals surface area contributed by atoms with Crippen LogP contribution in [0.15, 0.2) is 280 Å². The number of nitrogens with one attached hydrogen (secondary N) is 7. The zero-order valence-corrected chi connectivity index (χ0v) is 87.3. The molecule has 31 nitrogen and oxygen atoms in total. The third kappa shape index (κ3) is 31.0. The molecular formula is C119H131N19O12. The Balaban J connectivity index is 0.000000181. The van der Waals surface area contributed by atoms with E-state index in [0.29, 0.717) is 58.5 Å². The number of ether oxygens (including phenoxy) is 2. The van der Waals surface area contributed by atoms with Gasteiger partial charge in [-0.25, -0.2) is 39.2 Å². The molecule has 4 heterocycles. The molecule has 150 heavy (non-hydrogen) atoms. The van der Waals surface area contributed by atoms with Gasteiger partial charge in [0.1, 0.15) is 63.8 Å². The fourth-order valence-electron chi connectivity index (χ4n) is 17.5. The average Bonchev–Trinajstić information content (AvgIpc) is 1.66. The molecule has 0 unspecified atom stereocenters. The topological polar surface area (TPSA) is 446 Å². The summed E-state index contributed by atoms with van der Waals surface area (Å²) in [5.74, 6) is 0.970. The van der Waals surface area contributed by atoms with Crippen LogP contribution in [0.5, 0.6) is 17.2 Å². The van der Waals surface area contributed by atoms with E-state index in [1.165, 1.54) is 0 Å². The molecular weight excluding hydrogens is 1890 g/mol. The second-order valence-electron chi connectivity index (χ2n) is 39.2. The molecule has 4 aromatic heterocycles. The molecule has 0 radical (unpaired) electrons. The van der Waals surface area contributed by atoms with Crippen LogP contribution in [0, 0.1) is 54.7 Å². The van der Waals surface area contributed by atoms with Crippen molar-refractivity contribution in [3.63, 3.8) is 0 Å². The highest BCUT2D eigenvalue weighted by molar-refractivity contribution is 5.94. The van der Waals surface area contributed by atoms with Crippen LogP contribution in [0.4, 0.5) is 21.0 Å². The Morgan fingerprint density at radius 2 is 0.653 bits per heavy atom. The number of primary amides is 2. The maximum Gasteiger partial charge on any atom is 0.408 e. The van der Waals surface area contributed by atoms with E-state index in [1.54, 1.807) is 166 Å². The highest BCUT2D eigenvalue weighted by Crippen LogP contribution is 2.35. The Kier molecular flexibility index (Phi) is 37.8. The number of H-pyrrole nitrogens is 4. The van der Waals surface area contributed by atoms with Crippen LogP contribution in [0.3, 0.4) is 0 Å². The summed E-state index contributed by atoms with van der Waals surface area (Å²) in [6, 6.07) is 73.5. The van der Waals surface area contributed by atoms with Gasteiger partial charge in [0.25, 0.3) is 0 Å². The van der Waals surface area contributed by atoms with Crippen molar-refractivity contribution < 1.29 is 58.4 Å². The van der Waals surface area contributed by atoms with E-state index in [9.17, 15) is 48.9 Å². The first-order valence-corrected chi connectivity index (χ1v) is 49.3. The molecule has 15 aromatic rings. The summed E-state index contributed by atoms with van der Waals surface area (Å²) < 4.78 is 11.1. The molecule has 774 valence electrons. The van der Waals surface area contributed by atoms with Gasteiger partial charge in [-0.2, -0.15) is 0 Å². The first-order chi connectivity index (χ1) is 71.4. The number of hydrogen-bond acceptors (Lipinski definition) is 18. The van der Waals surface area contributed by atoms with Gasteiger partial charge in [0, 0.05) is 50.1 Å². The van der Waals surface area contributed by atoms with E-state index in [-0.39, 0.29) is 73.5 Å². The van der Waals surface area contributed by atoms with Crippen LogP contribution in [-0.4, -0.2) is 141 Å². The lowest BCUT2D eigenvalue weighted by Crippen LogP contribution is -2.51. The van der Waals surface area contributed by atoms with Crippen molar-refractivity contribution in [2.24, 2.45) is 17.2 Å². The number of aromatic hydroxyl groups is 3. The van der Waals surface area contributed by atoms with Crippen molar-refractivity contribution in [1.29, 1.82) is 0 Å². The largest absolute Gasteiger partial charge is 0.508 e. The molecule has 0 aliphatic carbocycles. The first-order valence-electron chi connectivity index (χ1n) is 49.3. The number of phenolic OH excluding ortho intramolecular Hbond substituents is 3. The summed E-state index contributed by atoms with van der Waals surface area (Å²) in [7, 11) is 0. The number of hydrogen-bond donors (Lipinski definition) is 13. The molecule has 0 bridgehead atoms. The average molecular weight is 2020 g/mol. The van der Waals surface area contributed by atoms with Crippen LogP contribution in [0.2, 0.25) is 0 Å². The minimum Gasteiger partial charge on any atom is -0.508 e. The number of benzene rings is 11. The van der Waals surface area contributed by atoms with Gasteiger partial charge in [0.2, 0.25) is 29.5 Å². The fourth-order valence-corrected chi connectivity index (χ4v) is 17.5. The lowest BCUT2D eigenvalue weighted by molar-refractivity contribution is -0.137.